The predicted octanol–water partition coefficient (Wildman–Crippen LogP) is 4.38. The number of nitrogens with zero attached hydrogens (tertiary/aromatic N) is 1. The fourth-order valence-corrected chi connectivity index (χ4v) is 3.30. The predicted molar refractivity (Wildman–Crippen MR) is 99.9 cm³/mol. The highest BCUT2D eigenvalue weighted by atomic mass is 35.5. The van der Waals surface area contributed by atoms with Gasteiger partial charge in [0.15, 0.2) is 0 Å². The summed E-state index contributed by atoms with van der Waals surface area (Å²) in [6.07, 6.45) is 0.0284. The number of amides is 2. The number of nitrogens with one attached hydrogen (secondary N) is 1. The van der Waals surface area contributed by atoms with Crippen LogP contribution in [0.5, 0.6) is 0 Å². The van der Waals surface area contributed by atoms with E-state index in [1.54, 1.807) is 0 Å². The van der Waals surface area contributed by atoms with Gasteiger partial charge in [-0.25, -0.2) is 9.29 Å². The van der Waals surface area contributed by atoms with Crippen LogP contribution in [0.4, 0.5) is 15.8 Å². The third-order valence-corrected chi connectivity index (χ3v) is 4.69. The molecule has 26 heavy (non-hydrogen) atoms. The quantitative estimate of drug-likeness (QED) is 0.698. The second-order valence-corrected chi connectivity index (χ2v) is 6.54. The molecule has 3 aromatic rings. The Labute approximate surface area is 154 Å². The van der Waals surface area contributed by atoms with Crippen LogP contribution in [-0.2, 0) is 9.59 Å². The summed E-state index contributed by atoms with van der Waals surface area (Å²) in [6.45, 7) is 0. The van der Waals surface area contributed by atoms with Gasteiger partial charge in [0.2, 0.25) is 5.91 Å². The summed E-state index contributed by atoms with van der Waals surface area (Å²) in [5, 5.41) is 5.12. The maximum atomic E-state index is 13.3. The van der Waals surface area contributed by atoms with E-state index in [4.69, 9.17) is 11.6 Å². The normalized spacial score (nSPS) is 17.2. The van der Waals surface area contributed by atoms with Gasteiger partial charge in [-0.1, -0.05) is 41.9 Å². The highest BCUT2D eigenvalue weighted by Gasteiger charge is 2.39. The van der Waals surface area contributed by atoms with Gasteiger partial charge in [0.25, 0.3) is 5.91 Å². The van der Waals surface area contributed by atoms with Crippen LogP contribution >= 0.6 is 11.6 Å². The molecule has 1 fully saturated rings. The van der Waals surface area contributed by atoms with Crippen molar-refractivity contribution in [3.8, 4) is 0 Å². The van der Waals surface area contributed by atoms with Crippen LogP contribution in [0, 0.1) is 5.82 Å². The molecule has 4 nitrogen and oxygen atoms in total. The Kier molecular flexibility index (Phi) is 4.09. The van der Waals surface area contributed by atoms with E-state index in [2.05, 4.69) is 5.32 Å². The average Bonchev–Trinajstić information content (AvgIpc) is 2.91. The molecule has 1 atom stereocenters. The monoisotopic (exact) mass is 368 g/mol. The highest BCUT2D eigenvalue weighted by molar-refractivity contribution is 6.31. The van der Waals surface area contributed by atoms with Crippen molar-refractivity contribution in [2.24, 2.45) is 0 Å². The minimum Gasteiger partial charge on any atom is -0.373 e. The molecule has 0 aliphatic carbocycles. The number of rotatable bonds is 3. The molecule has 0 saturated carbocycles. The first-order valence-corrected chi connectivity index (χ1v) is 8.48. The number of carbonyl (C=O) groups excluding carboxylic acids is 2. The van der Waals surface area contributed by atoms with Crippen molar-refractivity contribution in [2.45, 2.75) is 12.5 Å². The molecule has 0 radical (unpaired) electrons. The maximum Gasteiger partial charge on any atom is 0.256 e. The van der Waals surface area contributed by atoms with E-state index in [9.17, 15) is 14.0 Å². The Morgan fingerprint density at radius 2 is 1.77 bits per heavy atom. The van der Waals surface area contributed by atoms with Gasteiger partial charge in [-0.2, -0.15) is 0 Å². The van der Waals surface area contributed by atoms with Crippen LogP contribution in [-0.4, -0.2) is 17.9 Å². The Hall–Kier alpha value is -2.92. The Morgan fingerprint density at radius 1 is 1.00 bits per heavy atom. The summed E-state index contributed by atoms with van der Waals surface area (Å²) in [7, 11) is 0. The maximum absolute atomic E-state index is 13.3. The summed E-state index contributed by atoms with van der Waals surface area (Å²) in [4.78, 5) is 26.1. The second-order valence-electron chi connectivity index (χ2n) is 6.13. The van der Waals surface area contributed by atoms with Crippen molar-refractivity contribution in [3.05, 3.63) is 71.5 Å². The van der Waals surface area contributed by atoms with Crippen molar-refractivity contribution >= 4 is 45.6 Å². The number of benzene rings is 3. The molecule has 1 N–H and O–H groups in total. The molecular weight excluding hydrogens is 355 g/mol. The molecule has 3 aromatic carbocycles. The van der Waals surface area contributed by atoms with Crippen molar-refractivity contribution in [1.82, 2.24) is 0 Å². The molecule has 0 unspecified atom stereocenters. The zero-order valence-corrected chi connectivity index (χ0v) is 14.3. The van der Waals surface area contributed by atoms with Gasteiger partial charge in [0, 0.05) is 5.69 Å². The number of halogens is 2. The van der Waals surface area contributed by atoms with Crippen molar-refractivity contribution < 1.29 is 14.0 Å². The number of hydrogen-bond donors (Lipinski definition) is 1. The van der Waals surface area contributed by atoms with E-state index >= 15 is 0 Å². The third-order valence-electron chi connectivity index (χ3n) is 4.40. The Morgan fingerprint density at radius 3 is 2.54 bits per heavy atom. The molecule has 0 aromatic heterocycles. The molecule has 2 amide bonds. The lowest BCUT2D eigenvalue weighted by Crippen LogP contribution is -2.34. The van der Waals surface area contributed by atoms with Crippen LogP contribution in [0.25, 0.3) is 10.8 Å². The van der Waals surface area contributed by atoms with Crippen LogP contribution in [0.15, 0.2) is 60.7 Å². The molecular formula is C20H14ClFN2O2. The van der Waals surface area contributed by atoms with E-state index in [1.165, 1.54) is 12.1 Å². The van der Waals surface area contributed by atoms with E-state index in [0.29, 0.717) is 0 Å². The van der Waals surface area contributed by atoms with Crippen LogP contribution in [0.1, 0.15) is 6.42 Å². The summed E-state index contributed by atoms with van der Waals surface area (Å²) in [6, 6.07) is 16.8. The van der Waals surface area contributed by atoms with Crippen LogP contribution in [0.3, 0.4) is 0 Å². The van der Waals surface area contributed by atoms with E-state index in [0.717, 1.165) is 27.4 Å². The van der Waals surface area contributed by atoms with E-state index < -0.39 is 11.9 Å². The minimum absolute atomic E-state index is 0.0284. The molecule has 0 spiro atoms. The fraction of sp³-hybridized carbons (Fsp3) is 0.100. The molecule has 130 valence electrons. The largest absolute Gasteiger partial charge is 0.373 e. The van der Waals surface area contributed by atoms with Gasteiger partial charge in [-0.05, 0) is 41.1 Å². The van der Waals surface area contributed by atoms with Gasteiger partial charge in [-0.15, -0.1) is 0 Å². The van der Waals surface area contributed by atoms with Gasteiger partial charge in [0.1, 0.15) is 11.9 Å². The topological polar surface area (TPSA) is 49.4 Å². The van der Waals surface area contributed by atoms with Crippen molar-refractivity contribution in [2.75, 3.05) is 10.2 Å². The SMILES string of the molecule is O=C1C[C@H](Nc2ccc3ccccc3c2)C(=O)N1c1ccc(F)c(Cl)c1. The third kappa shape index (κ3) is 2.91. The zero-order valence-electron chi connectivity index (χ0n) is 13.6. The first-order valence-electron chi connectivity index (χ1n) is 8.10. The number of imide groups is 1. The molecule has 1 heterocycles. The van der Waals surface area contributed by atoms with Crippen LogP contribution < -0.4 is 10.2 Å². The Bertz CT molecular complexity index is 1040. The van der Waals surface area contributed by atoms with Crippen molar-refractivity contribution in [3.63, 3.8) is 0 Å². The first-order chi connectivity index (χ1) is 12.5. The lowest BCUT2D eigenvalue weighted by atomic mass is 10.1. The summed E-state index contributed by atoms with van der Waals surface area (Å²) < 4.78 is 13.3. The second kappa shape index (κ2) is 6.42. The molecule has 6 heteroatoms. The van der Waals surface area contributed by atoms with Gasteiger partial charge >= 0.3 is 0 Å². The number of anilines is 2. The van der Waals surface area contributed by atoms with Crippen LogP contribution in [0.2, 0.25) is 5.02 Å². The first kappa shape index (κ1) is 16.5. The van der Waals surface area contributed by atoms with Gasteiger partial charge in [-0.3, -0.25) is 9.59 Å². The summed E-state index contributed by atoms with van der Waals surface area (Å²) in [5.74, 6) is -1.33. The molecule has 1 aliphatic heterocycles. The molecule has 4 rings (SSSR count). The summed E-state index contributed by atoms with van der Waals surface area (Å²) >= 11 is 5.77. The number of fused-ring (bicyclic) bond motifs is 1. The van der Waals surface area contributed by atoms with Gasteiger partial charge in [0.05, 0.1) is 17.1 Å². The lowest BCUT2D eigenvalue weighted by molar-refractivity contribution is -0.121. The smallest absolute Gasteiger partial charge is 0.256 e. The molecule has 0 bridgehead atoms. The average molecular weight is 369 g/mol. The van der Waals surface area contributed by atoms with E-state index in [-0.39, 0.29) is 28.9 Å². The number of hydrogen-bond acceptors (Lipinski definition) is 3. The lowest BCUT2D eigenvalue weighted by Gasteiger charge is -2.16. The number of carbonyl (C=O) groups is 2. The minimum atomic E-state index is -0.674. The molecule has 1 aliphatic rings. The fourth-order valence-electron chi connectivity index (χ4n) is 3.12. The summed E-state index contributed by atoms with van der Waals surface area (Å²) in [5.41, 5.74) is 1.03. The standard InChI is InChI=1S/C20H14ClFN2O2/c21-16-10-15(7-8-17(16)22)24-19(25)11-18(20(24)26)23-14-6-5-12-3-1-2-4-13(12)9-14/h1-10,18,23H,11H2/t18-/m0/s1. The van der Waals surface area contributed by atoms with Gasteiger partial charge < -0.3 is 5.32 Å². The van der Waals surface area contributed by atoms with Crippen molar-refractivity contribution in [1.29, 1.82) is 0 Å². The molecule has 1 saturated heterocycles. The Balaban J connectivity index is 1.59. The highest BCUT2D eigenvalue weighted by Crippen LogP contribution is 2.29. The zero-order chi connectivity index (χ0) is 18.3. The van der Waals surface area contributed by atoms with E-state index in [1.807, 2.05) is 42.5 Å².